The molecule has 0 amide bonds. The zero-order valence-corrected chi connectivity index (χ0v) is 15.8. The molecule has 11 heteroatoms. The normalized spacial score (nSPS) is 12.2. The van der Waals surface area contributed by atoms with Crippen LogP contribution in [-0.4, -0.2) is 29.5 Å². The first-order valence-electron chi connectivity index (χ1n) is 8.21. The average molecular weight is 403 g/mol. The van der Waals surface area contributed by atoms with Crippen molar-refractivity contribution < 1.29 is 18.4 Å². The molecule has 0 fully saturated rings. The number of H-pyrrole nitrogens is 1. The molecule has 0 atom stereocenters. The van der Waals surface area contributed by atoms with E-state index in [4.69, 9.17) is 0 Å². The Morgan fingerprint density at radius 2 is 1.89 bits per heavy atom. The number of nitrogens with one attached hydrogen (secondary N) is 2. The third-order valence-electron chi connectivity index (χ3n) is 3.76. The molecule has 0 aliphatic heterocycles. The molecule has 1 heterocycles. The summed E-state index contributed by atoms with van der Waals surface area (Å²) in [6.07, 6.45) is 0. The van der Waals surface area contributed by atoms with Gasteiger partial charge in [0.15, 0.2) is 11.4 Å². The molecule has 0 aliphatic rings. The number of sulfonamides is 1. The number of rotatable bonds is 6. The number of hydrogen-bond acceptors (Lipinski definition) is 7. The fourth-order valence-electron chi connectivity index (χ4n) is 2.60. The molecule has 3 aromatic rings. The van der Waals surface area contributed by atoms with Gasteiger partial charge in [-0.1, -0.05) is 12.1 Å². The molecule has 3 rings (SSSR count). The number of fused-ring (bicyclic) bond motifs is 1. The molecule has 28 heavy (non-hydrogen) atoms. The molecule has 2 aromatic carbocycles. The van der Waals surface area contributed by atoms with Crippen LogP contribution in [-0.2, 0) is 10.0 Å². The van der Waals surface area contributed by atoms with Crippen molar-refractivity contribution in [3.63, 3.8) is 0 Å². The van der Waals surface area contributed by atoms with Crippen LogP contribution in [0.25, 0.3) is 10.9 Å². The van der Waals surface area contributed by atoms with E-state index in [1.165, 1.54) is 36.4 Å². The lowest BCUT2D eigenvalue weighted by molar-refractivity contribution is -0.384. The standard InChI is InChI=1S/C17H17N5O5S/c1-10(2)21-28(26,27)11-7-8-13-12(9-11)16(17(23)18-13)20-19-14-5-3-4-6-15(14)22(24)25/h3-10,18,21,23H,1-2H3. The zero-order chi connectivity index (χ0) is 20.5. The van der Waals surface area contributed by atoms with Gasteiger partial charge in [-0.3, -0.25) is 10.1 Å². The summed E-state index contributed by atoms with van der Waals surface area (Å²) in [5.41, 5.74) is 0.189. The van der Waals surface area contributed by atoms with Crippen LogP contribution in [0.3, 0.4) is 0 Å². The summed E-state index contributed by atoms with van der Waals surface area (Å²) in [6, 6.07) is 9.71. The Kier molecular flexibility index (Phi) is 5.12. The van der Waals surface area contributed by atoms with Gasteiger partial charge in [-0.25, -0.2) is 13.1 Å². The first-order chi connectivity index (χ1) is 13.2. The number of azo groups is 1. The van der Waals surface area contributed by atoms with Gasteiger partial charge >= 0.3 is 0 Å². The SMILES string of the molecule is CC(C)NS(=O)(=O)c1ccc2[nH]c(O)c(N=Nc3ccccc3[N+](=O)[O-])c2c1. The van der Waals surface area contributed by atoms with Crippen molar-refractivity contribution >= 4 is 38.0 Å². The lowest BCUT2D eigenvalue weighted by atomic mass is 10.2. The van der Waals surface area contributed by atoms with Crippen molar-refractivity contribution in [2.24, 2.45) is 10.2 Å². The summed E-state index contributed by atoms with van der Waals surface area (Å²) in [5.74, 6) is -0.330. The van der Waals surface area contributed by atoms with Crippen LogP contribution in [0, 0.1) is 10.1 Å². The maximum absolute atomic E-state index is 12.4. The second-order valence-electron chi connectivity index (χ2n) is 6.25. The van der Waals surface area contributed by atoms with Gasteiger partial charge in [0.25, 0.3) is 5.69 Å². The summed E-state index contributed by atoms with van der Waals surface area (Å²) < 4.78 is 27.3. The van der Waals surface area contributed by atoms with E-state index < -0.39 is 14.9 Å². The lowest BCUT2D eigenvalue weighted by Crippen LogP contribution is -2.30. The number of aromatic hydroxyl groups is 1. The fraction of sp³-hybridized carbons (Fsp3) is 0.176. The number of nitro groups is 1. The van der Waals surface area contributed by atoms with Crippen molar-refractivity contribution in [3.05, 3.63) is 52.6 Å². The van der Waals surface area contributed by atoms with E-state index in [9.17, 15) is 23.6 Å². The number of benzene rings is 2. The molecule has 0 aliphatic carbocycles. The van der Waals surface area contributed by atoms with Crippen LogP contribution in [0.2, 0.25) is 0 Å². The van der Waals surface area contributed by atoms with E-state index in [1.54, 1.807) is 19.9 Å². The minimum absolute atomic E-state index is 0.00478. The van der Waals surface area contributed by atoms with Crippen molar-refractivity contribution in [2.45, 2.75) is 24.8 Å². The first-order valence-corrected chi connectivity index (χ1v) is 9.69. The fourth-order valence-corrected chi connectivity index (χ4v) is 3.87. The topological polar surface area (TPSA) is 150 Å². The molecular weight excluding hydrogens is 386 g/mol. The van der Waals surface area contributed by atoms with Crippen LogP contribution in [0.15, 0.2) is 57.6 Å². The number of nitrogens with zero attached hydrogens (tertiary/aromatic N) is 3. The van der Waals surface area contributed by atoms with E-state index >= 15 is 0 Å². The lowest BCUT2D eigenvalue weighted by Gasteiger charge is -2.09. The molecule has 10 nitrogen and oxygen atoms in total. The Morgan fingerprint density at radius 3 is 2.57 bits per heavy atom. The predicted molar refractivity (Wildman–Crippen MR) is 103 cm³/mol. The van der Waals surface area contributed by atoms with E-state index in [0.29, 0.717) is 10.9 Å². The highest BCUT2D eigenvalue weighted by atomic mass is 32.2. The van der Waals surface area contributed by atoms with Crippen LogP contribution >= 0.6 is 0 Å². The Hall–Kier alpha value is -3.31. The summed E-state index contributed by atoms with van der Waals surface area (Å²) in [4.78, 5) is 13.2. The number of aromatic amines is 1. The predicted octanol–water partition coefficient (Wildman–Crippen LogP) is 3.88. The van der Waals surface area contributed by atoms with Gasteiger partial charge in [0.05, 0.1) is 15.3 Å². The van der Waals surface area contributed by atoms with Crippen LogP contribution < -0.4 is 4.72 Å². The Balaban J connectivity index is 2.08. The molecule has 0 bridgehead atoms. The van der Waals surface area contributed by atoms with E-state index in [0.717, 1.165) is 0 Å². The summed E-state index contributed by atoms with van der Waals surface area (Å²) in [5, 5.41) is 29.3. The summed E-state index contributed by atoms with van der Waals surface area (Å²) in [6.45, 7) is 3.40. The number of nitro benzene ring substituents is 1. The highest BCUT2D eigenvalue weighted by molar-refractivity contribution is 7.89. The molecule has 0 spiro atoms. The summed E-state index contributed by atoms with van der Waals surface area (Å²) in [7, 11) is -3.75. The van der Waals surface area contributed by atoms with Gasteiger partial charge in [0.1, 0.15) is 0 Å². The van der Waals surface area contributed by atoms with Gasteiger partial charge in [-0.05, 0) is 38.1 Å². The van der Waals surface area contributed by atoms with Crippen LogP contribution in [0.5, 0.6) is 5.88 Å². The quantitative estimate of drug-likeness (QED) is 0.324. The van der Waals surface area contributed by atoms with Gasteiger partial charge in [-0.2, -0.15) is 0 Å². The largest absolute Gasteiger partial charge is 0.493 e. The minimum Gasteiger partial charge on any atom is -0.493 e. The summed E-state index contributed by atoms with van der Waals surface area (Å²) >= 11 is 0. The van der Waals surface area contributed by atoms with Gasteiger partial charge < -0.3 is 10.1 Å². The van der Waals surface area contributed by atoms with Crippen molar-refractivity contribution in [1.29, 1.82) is 0 Å². The van der Waals surface area contributed by atoms with Crippen molar-refractivity contribution in [3.8, 4) is 5.88 Å². The molecule has 0 radical (unpaired) electrons. The third-order valence-corrected chi connectivity index (χ3v) is 5.42. The smallest absolute Gasteiger partial charge is 0.296 e. The highest BCUT2D eigenvalue weighted by Crippen LogP contribution is 2.38. The molecule has 0 saturated heterocycles. The van der Waals surface area contributed by atoms with E-state index in [-0.39, 0.29) is 33.9 Å². The van der Waals surface area contributed by atoms with Crippen molar-refractivity contribution in [1.82, 2.24) is 9.71 Å². The van der Waals surface area contributed by atoms with Gasteiger partial charge in [0.2, 0.25) is 15.9 Å². The zero-order valence-electron chi connectivity index (χ0n) is 14.9. The average Bonchev–Trinajstić information content (AvgIpc) is 2.93. The van der Waals surface area contributed by atoms with Crippen molar-refractivity contribution in [2.75, 3.05) is 0 Å². The monoisotopic (exact) mass is 403 g/mol. The Bertz CT molecular complexity index is 1180. The molecule has 1 aromatic heterocycles. The maximum Gasteiger partial charge on any atom is 0.296 e. The number of hydrogen-bond donors (Lipinski definition) is 3. The van der Waals surface area contributed by atoms with E-state index in [1.807, 2.05) is 0 Å². The maximum atomic E-state index is 12.4. The number of para-hydroxylation sites is 1. The second-order valence-corrected chi connectivity index (χ2v) is 7.97. The first kappa shape index (κ1) is 19.5. The van der Waals surface area contributed by atoms with Gasteiger partial charge in [-0.15, -0.1) is 10.2 Å². The Morgan fingerprint density at radius 1 is 1.18 bits per heavy atom. The Labute approximate surface area is 160 Å². The molecule has 0 unspecified atom stereocenters. The van der Waals surface area contributed by atoms with Crippen LogP contribution in [0.1, 0.15) is 13.8 Å². The molecule has 0 saturated carbocycles. The van der Waals surface area contributed by atoms with Crippen LogP contribution in [0.4, 0.5) is 17.1 Å². The molecule has 3 N–H and O–H groups in total. The third kappa shape index (κ3) is 3.85. The minimum atomic E-state index is -3.75. The second kappa shape index (κ2) is 7.37. The molecule has 146 valence electrons. The number of aromatic nitrogens is 1. The van der Waals surface area contributed by atoms with Gasteiger partial charge in [0, 0.05) is 17.5 Å². The van der Waals surface area contributed by atoms with E-state index in [2.05, 4.69) is 19.9 Å². The highest BCUT2D eigenvalue weighted by Gasteiger charge is 2.19. The molecular formula is C17H17N5O5S.